The summed E-state index contributed by atoms with van der Waals surface area (Å²) < 4.78 is 0. The van der Waals surface area contributed by atoms with Crippen LogP contribution in [0.2, 0.25) is 0 Å². The van der Waals surface area contributed by atoms with Crippen LogP contribution in [0.15, 0.2) is 122 Å². The smallest absolute Gasteiger partial charge is 0.0737 e. The molecule has 5 heteroatoms. The van der Waals surface area contributed by atoms with Crippen molar-refractivity contribution in [2.45, 2.75) is 78.6 Å². The minimum absolute atomic E-state index is 0.0302. The van der Waals surface area contributed by atoms with Crippen molar-refractivity contribution in [2.75, 3.05) is 0 Å². The SMILES string of the molecule is CC(C)(C)c1ccc(-c2c3nc(c(-c4ccc(C(C)(C)C)cc4)c4ccc([nH]4)c(-c4cccnc4)c4nc(c(-c5ccc(C(C)(C)C)cc5)c5ccc2[nH]5)C=C4)C=C3)cc1. The molecule has 6 heterocycles. The molecular weight excluding hydrogens is 731 g/mol. The van der Waals surface area contributed by atoms with Crippen molar-refractivity contribution in [1.29, 1.82) is 0 Å². The van der Waals surface area contributed by atoms with Gasteiger partial charge in [-0.15, -0.1) is 0 Å². The molecule has 2 aliphatic heterocycles. The molecule has 2 N–H and O–H groups in total. The van der Waals surface area contributed by atoms with Crippen molar-refractivity contribution in [3.63, 3.8) is 0 Å². The molecule has 0 saturated carbocycles. The van der Waals surface area contributed by atoms with Gasteiger partial charge in [-0.1, -0.05) is 141 Å². The Balaban J connectivity index is 1.42. The van der Waals surface area contributed by atoms with Gasteiger partial charge in [0.05, 0.1) is 22.8 Å². The monoisotopic (exact) mass is 783 g/mol. The van der Waals surface area contributed by atoms with E-state index in [9.17, 15) is 0 Å². The van der Waals surface area contributed by atoms with E-state index in [1.165, 1.54) is 16.7 Å². The van der Waals surface area contributed by atoms with Crippen LogP contribution < -0.4 is 0 Å². The van der Waals surface area contributed by atoms with Crippen molar-refractivity contribution < 1.29 is 0 Å². The molecule has 298 valence electrons. The van der Waals surface area contributed by atoms with Gasteiger partial charge in [-0.05, 0) is 104 Å². The first-order valence-electron chi connectivity index (χ1n) is 21.0. The molecular formula is C55H53N5. The van der Waals surface area contributed by atoms with Crippen LogP contribution >= 0.6 is 0 Å². The number of rotatable bonds is 4. The first-order chi connectivity index (χ1) is 28.6. The molecule has 3 aromatic carbocycles. The Morgan fingerprint density at radius 2 is 0.650 bits per heavy atom. The van der Waals surface area contributed by atoms with Crippen LogP contribution in [0.5, 0.6) is 0 Å². The summed E-state index contributed by atoms with van der Waals surface area (Å²) in [5.41, 5.74) is 19.7. The summed E-state index contributed by atoms with van der Waals surface area (Å²) in [5.74, 6) is 0. The maximum absolute atomic E-state index is 5.51. The third kappa shape index (κ3) is 7.34. The van der Waals surface area contributed by atoms with E-state index in [0.717, 1.165) is 89.4 Å². The topological polar surface area (TPSA) is 70.2 Å². The average Bonchev–Trinajstić information content (AvgIpc) is 4.06. The number of pyridine rings is 1. The second-order valence-electron chi connectivity index (χ2n) is 19.2. The minimum atomic E-state index is 0.0302. The van der Waals surface area contributed by atoms with Crippen molar-refractivity contribution in [3.8, 4) is 44.5 Å². The van der Waals surface area contributed by atoms with Crippen LogP contribution in [0.3, 0.4) is 0 Å². The van der Waals surface area contributed by atoms with Gasteiger partial charge >= 0.3 is 0 Å². The third-order valence-corrected chi connectivity index (χ3v) is 11.8. The van der Waals surface area contributed by atoms with Crippen LogP contribution in [0.4, 0.5) is 0 Å². The second kappa shape index (κ2) is 14.6. The van der Waals surface area contributed by atoms with E-state index in [4.69, 9.17) is 9.97 Å². The highest BCUT2D eigenvalue weighted by Gasteiger charge is 2.21. The van der Waals surface area contributed by atoms with Crippen LogP contribution in [-0.4, -0.2) is 24.9 Å². The number of nitrogens with zero attached hydrogens (tertiary/aromatic N) is 3. The molecule has 8 bridgehead atoms. The normalized spacial score (nSPS) is 12.9. The predicted molar refractivity (Wildman–Crippen MR) is 254 cm³/mol. The van der Waals surface area contributed by atoms with Crippen molar-refractivity contribution in [1.82, 2.24) is 24.9 Å². The number of hydrogen-bond donors (Lipinski definition) is 2. The molecule has 0 saturated heterocycles. The Morgan fingerprint density at radius 3 is 0.917 bits per heavy atom. The number of nitrogens with one attached hydrogen (secondary N) is 2. The van der Waals surface area contributed by atoms with Crippen LogP contribution in [0.1, 0.15) is 102 Å². The highest BCUT2D eigenvalue weighted by molar-refractivity contribution is 5.99. The lowest BCUT2D eigenvalue weighted by molar-refractivity contribution is 0.590. The van der Waals surface area contributed by atoms with Crippen LogP contribution in [0.25, 0.3) is 90.9 Å². The molecule has 0 aliphatic carbocycles. The van der Waals surface area contributed by atoms with Gasteiger partial charge in [0, 0.05) is 62.3 Å². The lowest BCUT2D eigenvalue weighted by Gasteiger charge is -2.19. The number of aromatic amines is 2. The maximum Gasteiger partial charge on any atom is 0.0737 e. The van der Waals surface area contributed by atoms with Gasteiger partial charge in [-0.3, -0.25) is 4.98 Å². The van der Waals surface area contributed by atoms with Crippen LogP contribution in [0, 0.1) is 0 Å². The van der Waals surface area contributed by atoms with Gasteiger partial charge in [0.15, 0.2) is 0 Å². The summed E-state index contributed by atoms with van der Waals surface area (Å²) in [6.45, 7) is 20.3. The molecule has 9 rings (SSSR count). The molecule has 2 aliphatic rings. The molecule has 0 radical (unpaired) electrons. The molecule has 5 nitrogen and oxygen atoms in total. The fourth-order valence-corrected chi connectivity index (χ4v) is 8.34. The highest BCUT2D eigenvalue weighted by Crippen LogP contribution is 2.39. The van der Waals surface area contributed by atoms with Crippen LogP contribution in [-0.2, 0) is 16.2 Å². The Hall–Kier alpha value is -6.59. The largest absolute Gasteiger partial charge is 0.354 e. The number of aromatic nitrogens is 5. The van der Waals surface area contributed by atoms with Gasteiger partial charge in [-0.25, -0.2) is 9.97 Å². The van der Waals surface area contributed by atoms with E-state index in [0.29, 0.717) is 0 Å². The predicted octanol–water partition coefficient (Wildman–Crippen LogP) is 14.6. The first kappa shape index (κ1) is 38.9. The summed E-state index contributed by atoms with van der Waals surface area (Å²) in [6.07, 6.45) is 12.4. The van der Waals surface area contributed by atoms with E-state index in [2.05, 4.69) is 205 Å². The van der Waals surface area contributed by atoms with Crippen molar-refractivity contribution >= 4 is 46.4 Å². The van der Waals surface area contributed by atoms with E-state index >= 15 is 0 Å². The molecule has 4 aromatic heterocycles. The Bertz CT molecular complexity index is 2920. The second-order valence-corrected chi connectivity index (χ2v) is 19.2. The van der Waals surface area contributed by atoms with Gasteiger partial charge < -0.3 is 9.97 Å². The van der Waals surface area contributed by atoms with E-state index in [-0.39, 0.29) is 16.2 Å². The number of benzene rings is 3. The molecule has 60 heavy (non-hydrogen) atoms. The summed E-state index contributed by atoms with van der Waals surface area (Å²) in [4.78, 5) is 23.3. The fourth-order valence-electron chi connectivity index (χ4n) is 8.34. The quantitative estimate of drug-likeness (QED) is 0.187. The number of hydrogen-bond acceptors (Lipinski definition) is 3. The Kier molecular flexibility index (Phi) is 9.47. The average molecular weight is 784 g/mol. The summed E-state index contributed by atoms with van der Waals surface area (Å²) in [7, 11) is 0. The van der Waals surface area contributed by atoms with Gasteiger partial charge in [0.25, 0.3) is 0 Å². The van der Waals surface area contributed by atoms with Crippen molar-refractivity contribution in [3.05, 3.63) is 161 Å². The lowest BCUT2D eigenvalue weighted by atomic mass is 9.86. The fraction of sp³-hybridized carbons (Fsp3) is 0.218. The van der Waals surface area contributed by atoms with Gasteiger partial charge in [0.1, 0.15) is 0 Å². The van der Waals surface area contributed by atoms with E-state index in [1.54, 1.807) is 0 Å². The molecule has 7 aromatic rings. The standard InChI is InChI=1S/C55H53N5/c1-53(2,3)38-18-12-34(13-19-38)49-41-24-26-43(57-41)50(35-14-20-39(21-15-35)54(4,5)6)45-28-30-47(59-45)52(37-11-10-32-56-33-37)48-31-29-46(60-48)51(44-27-25-42(49)58-44)36-16-22-40(23-17-36)55(7,8)9/h10-33,57,60H,1-9H3. The van der Waals surface area contributed by atoms with Crippen molar-refractivity contribution in [2.24, 2.45) is 0 Å². The molecule has 0 atom stereocenters. The van der Waals surface area contributed by atoms with E-state index < -0.39 is 0 Å². The lowest BCUT2D eigenvalue weighted by Crippen LogP contribution is -2.10. The molecule has 0 amide bonds. The zero-order valence-corrected chi connectivity index (χ0v) is 36.2. The zero-order chi connectivity index (χ0) is 42.0. The Morgan fingerprint density at radius 1 is 0.350 bits per heavy atom. The highest BCUT2D eigenvalue weighted by atomic mass is 14.8. The number of H-pyrrole nitrogens is 2. The zero-order valence-electron chi connectivity index (χ0n) is 36.2. The molecule has 0 unspecified atom stereocenters. The van der Waals surface area contributed by atoms with Gasteiger partial charge in [-0.2, -0.15) is 0 Å². The summed E-state index contributed by atoms with van der Waals surface area (Å²) in [6, 6.07) is 39.7. The first-order valence-corrected chi connectivity index (χ1v) is 21.0. The van der Waals surface area contributed by atoms with Gasteiger partial charge in [0.2, 0.25) is 0 Å². The Labute approximate surface area is 354 Å². The summed E-state index contributed by atoms with van der Waals surface area (Å²) in [5, 5.41) is 0. The number of fused-ring (bicyclic) bond motifs is 8. The molecule has 0 spiro atoms. The minimum Gasteiger partial charge on any atom is -0.354 e. The third-order valence-electron chi connectivity index (χ3n) is 11.8. The van der Waals surface area contributed by atoms with E-state index in [1.807, 2.05) is 18.5 Å². The summed E-state index contributed by atoms with van der Waals surface area (Å²) >= 11 is 0. The molecule has 0 fully saturated rings. The maximum atomic E-state index is 5.51.